The molecule has 2 N–H and O–H groups in total. The van der Waals surface area contributed by atoms with E-state index in [4.69, 9.17) is 9.47 Å². The molecule has 1 aliphatic carbocycles. The highest BCUT2D eigenvalue weighted by molar-refractivity contribution is 5.79. The molecule has 1 aromatic carbocycles. The third-order valence-corrected chi connectivity index (χ3v) is 4.63. The molecule has 1 aromatic rings. The standard InChI is InChI=1S/C19H28F3N3O2/c1-23-18(25-15-7-3-6-14(12-15)19(20,21)22)24-10-5-11-27-17-9-4-8-16(13-17)26-2/h4,8-9,13-15H,3,5-7,10-12H2,1-2H3,(H2,23,24,25). The van der Waals surface area contributed by atoms with Gasteiger partial charge in [-0.15, -0.1) is 0 Å². The lowest BCUT2D eigenvalue weighted by molar-refractivity contribution is -0.183. The Balaban J connectivity index is 1.68. The van der Waals surface area contributed by atoms with Crippen LogP contribution in [0.5, 0.6) is 11.5 Å². The molecule has 152 valence electrons. The number of hydrogen-bond donors (Lipinski definition) is 2. The maximum Gasteiger partial charge on any atom is 0.391 e. The Kier molecular flexibility index (Phi) is 8.06. The predicted octanol–water partition coefficient (Wildman–Crippen LogP) is 3.75. The lowest BCUT2D eigenvalue weighted by Crippen LogP contribution is -2.47. The predicted molar refractivity (Wildman–Crippen MR) is 99.4 cm³/mol. The van der Waals surface area contributed by atoms with Gasteiger partial charge in [0.1, 0.15) is 11.5 Å². The van der Waals surface area contributed by atoms with E-state index in [0.717, 1.165) is 24.3 Å². The summed E-state index contributed by atoms with van der Waals surface area (Å²) in [6, 6.07) is 7.17. The van der Waals surface area contributed by atoms with Gasteiger partial charge in [-0.3, -0.25) is 4.99 Å². The number of nitrogens with one attached hydrogen (secondary N) is 2. The molecule has 2 atom stereocenters. The number of halogens is 3. The molecule has 2 rings (SSSR count). The summed E-state index contributed by atoms with van der Waals surface area (Å²) in [5.41, 5.74) is 0. The summed E-state index contributed by atoms with van der Waals surface area (Å²) in [4.78, 5) is 4.10. The Labute approximate surface area is 158 Å². The van der Waals surface area contributed by atoms with Crippen LogP contribution in [0.2, 0.25) is 0 Å². The van der Waals surface area contributed by atoms with Crippen molar-refractivity contribution in [3.8, 4) is 11.5 Å². The van der Waals surface area contributed by atoms with Gasteiger partial charge in [-0.2, -0.15) is 13.2 Å². The number of rotatable bonds is 7. The van der Waals surface area contributed by atoms with E-state index in [-0.39, 0.29) is 18.9 Å². The molecule has 0 saturated heterocycles. The summed E-state index contributed by atoms with van der Waals surface area (Å²) in [5.74, 6) is 0.777. The summed E-state index contributed by atoms with van der Waals surface area (Å²) < 4.78 is 49.5. The molecule has 27 heavy (non-hydrogen) atoms. The van der Waals surface area contributed by atoms with Crippen molar-refractivity contribution < 1.29 is 22.6 Å². The van der Waals surface area contributed by atoms with Gasteiger partial charge in [0, 0.05) is 25.7 Å². The van der Waals surface area contributed by atoms with Gasteiger partial charge in [0.15, 0.2) is 5.96 Å². The van der Waals surface area contributed by atoms with E-state index in [9.17, 15) is 13.2 Å². The van der Waals surface area contributed by atoms with Crippen molar-refractivity contribution in [3.63, 3.8) is 0 Å². The largest absolute Gasteiger partial charge is 0.497 e. The second-order valence-corrected chi connectivity index (χ2v) is 6.63. The number of alkyl halides is 3. The van der Waals surface area contributed by atoms with Crippen molar-refractivity contribution in [1.82, 2.24) is 10.6 Å². The molecule has 0 amide bonds. The Hall–Kier alpha value is -2.12. The third kappa shape index (κ3) is 7.19. The number of hydrogen-bond acceptors (Lipinski definition) is 3. The second kappa shape index (κ2) is 10.3. The fraction of sp³-hybridized carbons (Fsp3) is 0.632. The van der Waals surface area contributed by atoms with Crippen LogP contribution in [0.4, 0.5) is 13.2 Å². The van der Waals surface area contributed by atoms with Gasteiger partial charge in [-0.25, -0.2) is 0 Å². The summed E-state index contributed by atoms with van der Waals surface area (Å²) in [5, 5.41) is 6.24. The summed E-state index contributed by atoms with van der Waals surface area (Å²) in [6.07, 6.45) is -1.76. The average molecular weight is 387 g/mol. The molecule has 5 nitrogen and oxygen atoms in total. The maximum absolute atomic E-state index is 12.9. The molecule has 8 heteroatoms. The molecule has 0 bridgehead atoms. The van der Waals surface area contributed by atoms with Crippen LogP contribution in [0.15, 0.2) is 29.3 Å². The number of nitrogens with zero attached hydrogens (tertiary/aromatic N) is 1. The number of benzene rings is 1. The first-order valence-electron chi connectivity index (χ1n) is 9.23. The molecule has 0 heterocycles. The zero-order valence-corrected chi connectivity index (χ0v) is 15.8. The van der Waals surface area contributed by atoms with Crippen LogP contribution in [0.1, 0.15) is 32.1 Å². The van der Waals surface area contributed by atoms with Gasteiger partial charge in [-0.05, 0) is 37.8 Å². The molecule has 0 aromatic heterocycles. The normalized spacial score (nSPS) is 20.9. The van der Waals surface area contributed by atoms with Crippen LogP contribution in [-0.4, -0.2) is 45.5 Å². The fourth-order valence-electron chi connectivity index (χ4n) is 3.17. The first-order chi connectivity index (χ1) is 12.9. The molecule has 1 saturated carbocycles. The van der Waals surface area contributed by atoms with E-state index >= 15 is 0 Å². The Morgan fingerprint density at radius 3 is 2.74 bits per heavy atom. The number of aliphatic imine (C=N–C) groups is 1. The van der Waals surface area contributed by atoms with E-state index in [1.165, 1.54) is 0 Å². The van der Waals surface area contributed by atoms with Crippen molar-refractivity contribution in [2.45, 2.75) is 44.3 Å². The van der Waals surface area contributed by atoms with Crippen molar-refractivity contribution in [2.75, 3.05) is 27.3 Å². The molecule has 1 aliphatic rings. The topological polar surface area (TPSA) is 54.9 Å². The van der Waals surface area contributed by atoms with Gasteiger partial charge in [0.25, 0.3) is 0 Å². The maximum atomic E-state index is 12.9. The Morgan fingerprint density at radius 2 is 2.04 bits per heavy atom. The van der Waals surface area contributed by atoms with Gasteiger partial charge in [0.05, 0.1) is 19.6 Å². The molecular weight excluding hydrogens is 359 g/mol. The zero-order valence-electron chi connectivity index (χ0n) is 15.8. The van der Waals surface area contributed by atoms with E-state index in [0.29, 0.717) is 25.5 Å². The third-order valence-electron chi connectivity index (χ3n) is 4.63. The van der Waals surface area contributed by atoms with Gasteiger partial charge >= 0.3 is 6.18 Å². The SMILES string of the molecule is CN=C(NCCCOc1cccc(OC)c1)NC1CCCC(C(F)(F)F)C1. The summed E-state index contributed by atoms with van der Waals surface area (Å²) in [6.45, 7) is 1.12. The first-order valence-corrected chi connectivity index (χ1v) is 9.23. The smallest absolute Gasteiger partial charge is 0.391 e. The monoisotopic (exact) mass is 387 g/mol. The molecular formula is C19H28F3N3O2. The summed E-state index contributed by atoms with van der Waals surface area (Å²) in [7, 11) is 3.22. The quantitative estimate of drug-likeness (QED) is 0.425. The summed E-state index contributed by atoms with van der Waals surface area (Å²) >= 11 is 0. The van der Waals surface area contributed by atoms with Gasteiger partial charge < -0.3 is 20.1 Å². The highest BCUT2D eigenvalue weighted by atomic mass is 19.4. The van der Waals surface area contributed by atoms with Crippen LogP contribution in [0.25, 0.3) is 0 Å². The number of methoxy groups -OCH3 is 1. The highest BCUT2D eigenvalue weighted by Gasteiger charge is 2.42. The van der Waals surface area contributed by atoms with Crippen LogP contribution in [0, 0.1) is 5.92 Å². The Morgan fingerprint density at radius 1 is 1.26 bits per heavy atom. The fourth-order valence-corrected chi connectivity index (χ4v) is 3.17. The highest BCUT2D eigenvalue weighted by Crippen LogP contribution is 2.37. The van der Waals surface area contributed by atoms with E-state index in [2.05, 4.69) is 15.6 Å². The van der Waals surface area contributed by atoms with Crippen molar-refractivity contribution in [3.05, 3.63) is 24.3 Å². The molecule has 0 radical (unpaired) electrons. The molecule has 0 aliphatic heterocycles. The number of ether oxygens (including phenoxy) is 2. The lowest BCUT2D eigenvalue weighted by Gasteiger charge is -2.31. The van der Waals surface area contributed by atoms with Crippen LogP contribution < -0.4 is 20.1 Å². The first kappa shape index (κ1) is 21.2. The second-order valence-electron chi connectivity index (χ2n) is 6.63. The van der Waals surface area contributed by atoms with Gasteiger partial charge in [0.2, 0.25) is 0 Å². The van der Waals surface area contributed by atoms with E-state index in [1.807, 2.05) is 24.3 Å². The van der Waals surface area contributed by atoms with Crippen LogP contribution >= 0.6 is 0 Å². The average Bonchev–Trinajstić information content (AvgIpc) is 2.66. The number of guanidine groups is 1. The van der Waals surface area contributed by atoms with E-state index < -0.39 is 12.1 Å². The van der Waals surface area contributed by atoms with Gasteiger partial charge in [-0.1, -0.05) is 12.5 Å². The molecule has 1 fully saturated rings. The minimum absolute atomic E-state index is 0.100. The zero-order chi connectivity index (χ0) is 19.7. The van der Waals surface area contributed by atoms with Crippen LogP contribution in [-0.2, 0) is 0 Å². The minimum atomic E-state index is -4.12. The van der Waals surface area contributed by atoms with Crippen molar-refractivity contribution >= 4 is 5.96 Å². The van der Waals surface area contributed by atoms with Crippen LogP contribution in [0.3, 0.4) is 0 Å². The molecule has 0 spiro atoms. The van der Waals surface area contributed by atoms with Crippen molar-refractivity contribution in [1.29, 1.82) is 0 Å². The lowest BCUT2D eigenvalue weighted by atomic mass is 9.85. The minimum Gasteiger partial charge on any atom is -0.497 e. The molecule has 2 unspecified atom stereocenters. The van der Waals surface area contributed by atoms with Crippen molar-refractivity contribution in [2.24, 2.45) is 10.9 Å². The Bertz CT molecular complexity index is 608. The van der Waals surface area contributed by atoms with E-state index in [1.54, 1.807) is 14.2 Å².